The lowest BCUT2D eigenvalue weighted by molar-refractivity contribution is -0.139. The first-order valence-electron chi connectivity index (χ1n) is 7.46. The van der Waals surface area contributed by atoms with E-state index in [9.17, 15) is 14.9 Å². The molecule has 0 spiro atoms. The third-order valence-electron chi connectivity index (χ3n) is 3.51. The molecule has 0 radical (unpaired) electrons. The van der Waals surface area contributed by atoms with Crippen molar-refractivity contribution >= 4 is 23.6 Å². The topological polar surface area (TPSA) is 88.4 Å². The quantitative estimate of drug-likeness (QED) is 0.795. The molecule has 0 aromatic heterocycles. The largest absolute Gasteiger partial charge is 0.496 e. The molecule has 0 bridgehead atoms. The van der Waals surface area contributed by atoms with Gasteiger partial charge in [-0.2, -0.15) is 5.26 Å². The predicted molar refractivity (Wildman–Crippen MR) is 90.2 cm³/mol. The Labute approximate surface area is 144 Å². The molecule has 1 atom stereocenters. The molecule has 0 saturated heterocycles. The molecule has 1 amide bonds. The highest BCUT2D eigenvalue weighted by Crippen LogP contribution is 2.39. The summed E-state index contributed by atoms with van der Waals surface area (Å²) < 4.78 is 10.2. The maximum atomic E-state index is 12.1. The molecule has 0 saturated carbocycles. The smallest absolute Gasteiger partial charge is 0.316 e. The Morgan fingerprint density at radius 2 is 2.21 bits per heavy atom. The number of hydrogen-bond acceptors (Lipinski definition) is 6. The van der Waals surface area contributed by atoms with E-state index in [-0.39, 0.29) is 24.1 Å². The van der Waals surface area contributed by atoms with Crippen LogP contribution < -0.4 is 10.1 Å². The lowest BCUT2D eigenvalue weighted by Gasteiger charge is -2.26. The van der Waals surface area contributed by atoms with E-state index >= 15 is 0 Å². The maximum absolute atomic E-state index is 12.1. The van der Waals surface area contributed by atoms with Crippen LogP contribution in [0.1, 0.15) is 24.8 Å². The SMILES string of the molecule is CCOC(=O)CSC1=C(C#N)[C@H](c2ccccc2OC)CC(=O)N1. The number of esters is 1. The summed E-state index contributed by atoms with van der Waals surface area (Å²) in [6, 6.07) is 9.47. The molecule has 1 aliphatic heterocycles. The van der Waals surface area contributed by atoms with Gasteiger partial charge in [0, 0.05) is 17.9 Å². The normalized spacial score (nSPS) is 17.0. The van der Waals surface area contributed by atoms with E-state index in [4.69, 9.17) is 9.47 Å². The lowest BCUT2D eigenvalue weighted by atomic mass is 9.86. The molecule has 7 heteroatoms. The molecule has 126 valence electrons. The first-order valence-corrected chi connectivity index (χ1v) is 8.44. The van der Waals surface area contributed by atoms with Gasteiger partial charge in [0.1, 0.15) is 5.75 Å². The summed E-state index contributed by atoms with van der Waals surface area (Å²) in [6.07, 6.45) is 0.159. The monoisotopic (exact) mass is 346 g/mol. The van der Waals surface area contributed by atoms with Crippen molar-refractivity contribution in [3.8, 4) is 11.8 Å². The predicted octanol–water partition coefficient (Wildman–Crippen LogP) is 2.33. The standard InChI is InChI=1S/C17H18N2O4S/c1-3-23-16(21)10-24-17-13(9-18)12(8-15(20)19-17)11-6-4-5-7-14(11)22-2/h4-7,12H,3,8,10H2,1-2H3,(H,19,20)/t12-/m0/s1. The van der Waals surface area contributed by atoms with Gasteiger partial charge in [0.05, 0.1) is 36.1 Å². The number of nitrogens with one attached hydrogen (secondary N) is 1. The number of nitrogens with zero attached hydrogens (tertiary/aromatic N) is 1. The third-order valence-corrected chi connectivity index (χ3v) is 4.50. The van der Waals surface area contributed by atoms with E-state index in [0.29, 0.717) is 23.0 Å². The number of ether oxygens (including phenoxy) is 2. The molecule has 2 rings (SSSR count). The number of benzene rings is 1. The van der Waals surface area contributed by atoms with Crippen LogP contribution in [0, 0.1) is 11.3 Å². The second kappa shape index (κ2) is 8.41. The Bertz CT molecular complexity index is 709. The lowest BCUT2D eigenvalue weighted by Crippen LogP contribution is -2.31. The molecule has 1 aliphatic rings. The molecule has 1 N–H and O–H groups in total. The Morgan fingerprint density at radius 3 is 2.88 bits per heavy atom. The van der Waals surface area contributed by atoms with Gasteiger partial charge < -0.3 is 14.8 Å². The Balaban J connectivity index is 2.33. The summed E-state index contributed by atoms with van der Waals surface area (Å²) in [7, 11) is 1.55. The Morgan fingerprint density at radius 1 is 1.46 bits per heavy atom. The van der Waals surface area contributed by atoms with Crippen molar-refractivity contribution in [1.82, 2.24) is 5.32 Å². The molecule has 0 fully saturated rings. The number of amides is 1. The first kappa shape index (κ1) is 17.9. The molecule has 0 aliphatic carbocycles. The molecular formula is C17H18N2O4S. The van der Waals surface area contributed by atoms with Gasteiger partial charge in [-0.25, -0.2) is 0 Å². The fourth-order valence-electron chi connectivity index (χ4n) is 2.49. The highest BCUT2D eigenvalue weighted by atomic mass is 32.2. The third kappa shape index (κ3) is 4.09. The van der Waals surface area contributed by atoms with Crippen LogP contribution in [0.25, 0.3) is 0 Å². The zero-order chi connectivity index (χ0) is 17.5. The van der Waals surface area contributed by atoms with E-state index in [0.717, 1.165) is 17.3 Å². The number of para-hydroxylation sites is 1. The summed E-state index contributed by atoms with van der Waals surface area (Å²) in [5, 5.41) is 12.7. The van der Waals surface area contributed by atoms with Crippen molar-refractivity contribution in [2.24, 2.45) is 0 Å². The molecule has 1 heterocycles. The molecule has 24 heavy (non-hydrogen) atoms. The molecular weight excluding hydrogens is 328 g/mol. The van der Waals surface area contributed by atoms with Gasteiger partial charge in [0.25, 0.3) is 0 Å². The number of rotatable bonds is 6. The van der Waals surface area contributed by atoms with Gasteiger partial charge in [0.15, 0.2) is 0 Å². The van der Waals surface area contributed by atoms with Crippen LogP contribution in [-0.4, -0.2) is 31.3 Å². The van der Waals surface area contributed by atoms with Crippen LogP contribution >= 0.6 is 11.8 Å². The van der Waals surface area contributed by atoms with Gasteiger partial charge in [-0.1, -0.05) is 30.0 Å². The second-order valence-electron chi connectivity index (χ2n) is 5.00. The number of thioether (sulfide) groups is 1. The maximum Gasteiger partial charge on any atom is 0.316 e. The van der Waals surface area contributed by atoms with Crippen LogP contribution in [0.4, 0.5) is 0 Å². The van der Waals surface area contributed by atoms with E-state index in [1.807, 2.05) is 18.2 Å². The Hall–Kier alpha value is -2.46. The summed E-state index contributed by atoms with van der Waals surface area (Å²) in [4.78, 5) is 23.6. The van der Waals surface area contributed by atoms with Crippen LogP contribution in [0.3, 0.4) is 0 Å². The fourth-order valence-corrected chi connectivity index (χ4v) is 3.36. The number of allylic oxidation sites excluding steroid dienone is 1. The number of hydrogen-bond donors (Lipinski definition) is 1. The minimum absolute atomic E-state index is 0.0350. The van der Waals surface area contributed by atoms with Gasteiger partial charge in [-0.15, -0.1) is 0 Å². The first-order chi connectivity index (χ1) is 11.6. The van der Waals surface area contributed by atoms with Crippen LogP contribution in [0.15, 0.2) is 34.9 Å². The van der Waals surface area contributed by atoms with Crippen molar-refractivity contribution in [3.05, 3.63) is 40.4 Å². The average molecular weight is 346 g/mol. The van der Waals surface area contributed by atoms with Gasteiger partial charge in [0.2, 0.25) is 5.91 Å². The van der Waals surface area contributed by atoms with Crippen molar-refractivity contribution in [2.45, 2.75) is 19.3 Å². The summed E-state index contributed by atoms with van der Waals surface area (Å²) >= 11 is 1.10. The van der Waals surface area contributed by atoms with Crippen molar-refractivity contribution in [3.63, 3.8) is 0 Å². The van der Waals surface area contributed by atoms with Crippen molar-refractivity contribution in [2.75, 3.05) is 19.5 Å². The molecule has 6 nitrogen and oxygen atoms in total. The van der Waals surface area contributed by atoms with Crippen molar-refractivity contribution in [1.29, 1.82) is 5.26 Å². The van der Waals surface area contributed by atoms with E-state index in [1.54, 1.807) is 20.1 Å². The highest BCUT2D eigenvalue weighted by Gasteiger charge is 2.31. The minimum Gasteiger partial charge on any atom is -0.496 e. The molecule has 0 unspecified atom stereocenters. The fraction of sp³-hybridized carbons (Fsp3) is 0.353. The number of carbonyl (C=O) groups is 2. The Kier molecular flexibility index (Phi) is 6.27. The zero-order valence-electron chi connectivity index (χ0n) is 13.5. The molecule has 1 aromatic carbocycles. The molecule has 1 aromatic rings. The van der Waals surface area contributed by atoms with Crippen molar-refractivity contribution < 1.29 is 19.1 Å². The summed E-state index contributed by atoms with van der Waals surface area (Å²) in [6.45, 7) is 2.02. The van der Waals surface area contributed by atoms with Crippen LogP contribution in [-0.2, 0) is 14.3 Å². The second-order valence-corrected chi connectivity index (χ2v) is 5.98. The van der Waals surface area contributed by atoms with E-state index < -0.39 is 5.92 Å². The minimum atomic E-state index is -0.399. The van der Waals surface area contributed by atoms with Gasteiger partial charge in [-0.3, -0.25) is 9.59 Å². The highest BCUT2D eigenvalue weighted by molar-refractivity contribution is 8.03. The summed E-state index contributed by atoms with van der Waals surface area (Å²) in [5.74, 6) is -0.325. The number of nitriles is 1. The zero-order valence-corrected chi connectivity index (χ0v) is 14.3. The average Bonchev–Trinajstić information content (AvgIpc) is 2.59. The van der Waals surface area contributed by atoms with Gasteiger partial charge in [-0.05, 0) is 13.0 Å². The van der Waals surface area contributed by atoms with Crippen LogP contribution in [0.5, 0.6) is 5.75 Å². The number of carbonyl (C=O) groups excluding carboxylic acids is 2. The van der Waals surface area contributed by atoms with E-state index in [2.05, 4.69) is 11.4 Å². The number of methoxy groups -OCH3 is 1. The van der Waals surface area contributed by atoms with Crippen LogP contribution in [0.2, 0.25) is 0 Å². The van der Waals surface area contributed by atoms with Gasteiger partial charge >= 0.3 is 5.97 Å². The van der Waals surface area contributed by atoms with E-state index in [1.165, 1.54) is 0 Å². The summed E-state index contributed by atoms with van der Waals surface area (Å²) in [5.41, 5.74) is 1.20.